The lowest BCUT2D eigenvalue weighted by Gasteiger charge is -2.39. The number of H-pyrrole nitrogens is 1. The van der Waals surface area contributed by atoms with Crippen LogP contribution in [-0.2, 0) is 5.41 Å². The van der Waals surface area contributed by atoms with E-state index in [1.54, 1.807) is 6.07 Å². The van der Waals surface area contributed by atoms with Crippen molar-refractivity contribution < 1.29 is 4.79 Å². The van der Waals surface area contributed by atoms with Gasteiger partial charge in [0.15, 0.2) is 0 Å². The van der Waals surface area contributed by atoms with Gasteiger partial charge in [0, 0.05) is 12.6 Å². The number of hydrogen-bond donors (Lipinski definition) is 2. The normalized spacial score (nSPS) is 26.6. The van der Waals surface area contributed by atoms with Crippen LogP contribution in [0.15, 0.2) is 29.1 Å². The van der Waals surface area contributed by atoms with Crippen molar-refractivity contribution in [2.24, 2.45) is 5.92 Å². The fraction of sp³-hybridized carbons (Fsp3) is 0.412. The van der Waals surface area contributed by atoms with Crippen LogP contribution >= 0.6 is 0 Å². The number of pyridine rings is 1. The van der Waals surface area contributed by atoms with Gasteiger partial charge >= 0.3 is 0 Å². The number of aromatic nitrogens is 1. The molecule has 2 aromatic rings. The van der Waals surface area contributed by atoms with Crippen LogP contribution in [0, 0.1) is 5.92 Å². The molecule has 0 aliphatic heterocycles. The molecule has 4 heteroatoms. The van der Waals surface area contributed by atoms with E-state index in [0.29, 0.717) is 5.41 Å². The first-order valence-electron chi connectivity index (χ1n) is 7.51. The van der Waals surface area contributed by atoms with Crippen LogP contribution in [0.5, 0.6) is 0 Å². The second-order valence-corrected chi connectivity index (χ2v) is 6.49. The van der Waals surface area contributed by atoms with Gasteiger partial charge in [-0.1, -0.05) is 12.1 Å². The molecule has 1 aromatic carbocycles. The van der Waals surface area contributed by atoms with Gasteiger partial charge in [0.2, 0.25) is 0 Å². The van der Waals surface area contributed by atoms with Crippen LogP contribution in [0.2, 0.25) is 0 Å². The molecular formula is C17H18N2O2. The van der Waals surface area contributed by atoms with Gasteiger partial charge in [0.25, 0.3) is 11.5 Å². The highest BCUT2D eigenvalue weighted by molar-refractivity contribution is 5.97. The zero-order valence-corrected chi connectivity index (χ0v) is 12.0. The summed E-state index contributed by atoms with van der Waals surface area (Å²) in [4.78, 5) is 26.6. The number of carbonyl (C=O) groups is 1. The SMILES string of the molecule is CNC(=O)c1cc2ccc(C34CCC(C3)C4)cc2[nH]c1=O. The molecule has 1 amide bonds. The Balaban J connectivity index is 1.82. The van der Waals surface area contributed by atoms with Crippen LogP contribution in [-0.4, -0.2) is 17.9 Å². The van der Waals surface area contributed by atoms with Crippen molar-refractivity contribution in [1.29, 1.82) is 0 Å². The Morgan fingerprint density at radius 3 is 2.81 bits per heavy atom. The first-order valence-corrected chi connectivity index (χ1v) is 7.51. The summed E-state index contributed by atoms with van der Waals surface area (Å²) in [5.74, 6) is 0.564. The fourth-order valence-corrected chi connectivity index (χ4v) is 4.15. The lowest BCUT2D eigenvalue weighted by Crippen LogP contribution is -2.32. The Morgan fingerprint density at radius 2 is 2.14 bits per heavy atom. The van der Waals surface area contributed by atoms with Crippen LogP contribution in [0.25, 0.3) is 10.9 Å². The Kier molecular flexibility index (Phi) is 2.52. The van der Waals surface area contributed by atoms with Crippen molar-refractivity contribution in [3.05, 3.63) is 45.7 Å². The molecule has 1 heterocycles. The first-order chi connectivity index (χ1) is 10.1. The van der Waals surface area contributed by atoms with E-state index in [1.807, 2.05) is 6.07 Å². The highest BCUT2D eigenvalue weighted by Crippen LogP contribution is 2.59. The van der Waals surface area contributed by atoms with E-state index < -0.39 is 0 Å². The number of aromatic amines is 1. The van der Waals surface area contributed by atoms with Crippen molar-refractivity contribution in [2.75, 3.05) is 7.05 Å². The Labute approximate surface area is 122 Å². The number of nitrogens with one attached hydrogen (secondary N) is 2. The summed E-state index contributed by atoms with van der Waals surface area (Å²) in [5, 5.41) is 3.40. The van der Waals surface area contributed by atoms with E-state index in [4.69, 9.17) is 0 Å². The maximum absolute atomic E-state index is 12.0. The molecule has 3 aliphatic rings. The molecule has 0 unspecified atom stereocenters. The second kappa shape index (κ2) is 4.20. The van der Waals surface area contributed by atoms with Gasteiger partial charge in [0.05, 0.1) is 0 Å². The van der Waals surface area contributed by atoms with E-state index in [1.165, 1.54) is 38.3 Å². The smallest absolute Gasteiger partial charge is 0.261 e. The quantitative estimate of drug-likeness (QED) is 0.888. The zero-order valence-electron chi connectivity index (χ0n) is 12.0. The van der Waals surface area contributed by atoms with Crippen LogP contribution in [0.3, 0.4) is 0 Å². The monoisotopic (exact) mass is 282 g/mol. The maximum Gasteiger partial charge on any atom is 0.261 e. The Hall–Kier alpha value is -2.10. The summed E-state index contributed by atoms with van der Waals surface area (Å²) in [6.45, 7) is 0. The predicted molar refractivity (Wildman–Crippen MR) is 81.6 cm³/mol. The zero-order chi connectivity index (χ0) is 14.6. The van der Waals surface area contributed by atoms with Crippen LogP contribution in [0.4, 0.5) is 0 Å². The van der Waals surface area contributed by atoms with Crippen molar-refractivity contribution in [3.63, 3.8) is 0 Å². The molecule has 5 rings (SSSR count). The van der Waals surface area contributed by atoms with Gasteiger partial charge in [0.1, 0.15) is 5.56 Å². The lowest BCUT2D eigenvalue weighted by molar-refractivity contribution is 0.0962. The number of benzene rings is 1. The van der Waals surface area contributed by atoms with Gasteiger partial charge in [-0.05, 0) is 60.1 Å². The molecular weight excluding hydrogens is 264 g/mol. The lowest BCUT2D eigenvalue weighted by atomic mass is 9.65. The molecule has 108 valence electrons. The molecule has 1 aromatic heterocycles. The minimum absolute atomic E-state index is 0.167. The third-order valence-corrected chi connectivity index (χ3v) is 5.32. The van der Waals surface area contributed by atoms with E-state index in [0.717, 1.165) is 16.8 Å². The van der Waals surface area contributed by atoms with E-state index in [-0.39, 0.29) is 17.0 Å². The van der Waals surface area contributed by atoms with Crippen LogP contribution < -0.4 is 10.9 Å². The number of fused-ring (bicyclic) bond motifs is 2. The Bertz CT molecular complexity index is 795. The minimum Gasteiger partial charge on any atom is -0.355 e. The van der Waals surface area contributed by atoms with Crippen molar-refractivity contribution in [1.82, 2.24) is 10.3 Å². The molecule has 0 atom stereocenters. The van der Waals surface area contributed by atoms with Crippen molar-refractivity contribution in [2.45, 2.75) is 31.1 Å². The third kappa shape index (κ3) is 1.75. The Morgan fingerprint density at radius 1 is 1.33 bits per heavy atom. The molecule has 0 radical (unpaired) electrons. The molecule has 0 spiro atoms. The summed E-state index contributed by atoms with van der Waals surface area (Å²) in [5.41, 5.74) is 2.37. The van der Waals surface area contributed by atoms with Gasteiger partial charge < -0.3 is 10.3 Å². The molecule has 2 N–H and O–H groups in total. The molecule has 3 fully saturated rings. The van der Waals surface area contributed by atoms with E-state index >= 15 is 0 Å². The predicted octanol–water partition coefficient (Wildman–Crippen LogP) is 2.33. The first kappa shape index (κ1) is 12.6. The van der Waals surface area contributed by atoms with Crippen LogP contribution in [0.1, 0.15) is 41.6 Å². The number of rotatable bonds is 2. The molecule has 3 aliphatic carbocycles. The number of hydrogen-bond acceptors (Lipinski definition) is 2. The largest absolute Gasteiger partial charge is 0.355 e. The maximum atomic E-state index is 12.0. The van der Waals surface area contributed by atoms with Gasteiger partial charge in [-0.2, -0.15) is 0 Å². The summed E-state index contributed by atoms with van der Waals surface area (Å²) in [6, 6.07) is 7.96. The highest BCUT2D eigenvalue weighted by Gasteiger charge is 2.50. The average Bonchev–Trinajstić information content (AvgIpc) is 3.06. The number of amides is 1. The summed E-state index contributed by atoms with van der Waals surface area (Å²) < 4.78 is 0. The number of carbonyl (C=O) groups excluding carboxylic acids is 1. The summed E-state index contributed by atoms with van der Waals surface area (Å²) in [6.07, 6.45) is 5.19. The van der Waals surface area contributed by atoms with Crippen molar-refractivity contribution in [3.8, 4) is 0 Å². The highest BCUT2D eigenvalue weighted by atomic mass is 16.2. The van der Waals surface area contributed by atoms with Gasteiger partial charge in [-0.3, -0.25) is 9.59 Å². The topological polar surface area (TPSA) is 62.0 Å². The fourth-order valence-electron chi connectivity index (χ4n) is 4.15. The second-order valence-electron chi connectivity index (χ2n) is 6.49. The molecule has 2 bridgehead atoms. The molecule has 4 nitrogen and oxygen atoms in total. The van der Waals surface area contributed by atoms with Crippen molar-refractivity contribution >= 4 is 16.8 Å². The molecule has 3 saturated carbocycles. The summed E-state index contributed by atoms with van der Waals surface area (Å²) >= 11 is 0. The standard InChI is InChI=1S/C17H18N2O2/c1-18-15(20)13-6-11-2-3-12(7-14(11)19-16(13)21)17-5-4-10(8-17)9-17/h2-3,6-7,10H,4-5,8-9H2,1H3,(H,18,20)(H,19,21). The molecule has 21 heavy (non-hydrogen) atoms. The molecule has 0 saturated heterocycles. The minimum atomic E-state index is -0.349. The third-order valence-electron chi connectivity index (χ3n) is 5.32. The van der Waals surface area contributed by atoms with E-state index in [2.05, 4.69) is 22.4 Å². The van der Waals surface area contributed by atoms with Gasteiger partial charge in [-0.25, -0.2) is 0 Å². The van der Waals surface area contributed by atoms with Gasteiger partial charge in [-0.15, -0.1) is 0 Å². The summed E-state index contributed by atoms with van der Waals surface area (Å²) in [7, 11) is 1.53. The average molecular weight is 282 g/mol. The van der Waals surface area contributed by atoms with E-state index in [9.17, 15) is 9.59 Å².